The van der Waals surface area contributed by atoms with Crippen molar-refractivity contribution in [2.24, 2.45) is 0 Å². The Hall–Kier alpha value is -0.120. The third-order valence-corrected chi connectivity index (χ3v) is 3.76. The number of nitrogens with zero attached hydrogens (tertiary/aromatic N) is 1. The number of nitrogens with one attached hydrogen (secondary N) is 1. The van der Waals surface area contributed by atoms with Crippen LogP contribution in [0.2, 0.25) is 0 Å². The van der Waals surface area contributed by atoms with E-state index in [2.05, 4.69) is 17.3 Å². The van der Waals surface area contributed by atoms with Gasteiger partial charge in [0.2, 0.25) is 0 Å². The highest BCUT2D eigenvalue weighted by molar-refractivity contribution is 4.76. The normalized spacial score (nSPS) is 29.8. The molecule has 3 nitrogen and oxygen atoms in total. The molecule has 88 valence electrons. The van der Waals surface area contributed by atoms with Crippen molar-refractivity contribution < 1.29 is 4.74 Å². The molecule has 2 saturated heterocycles. The second-order valence-electron chi connectivity index (χ2n) is 4.89. The quantitative estimate of drug-likeness (QED) is 0.759. The Labute approximate surface area is 93.2 Å². The van der Waals surface area contributed by atoms with Gasteiger partial charge in [0.1, 0.15) is 0 Å². The molecule has 2 aliphatic heterocycles. The fourth-order valence-electron chi connectivity index (χ4n) is 2.68. The topological polar surface area (TPSA) is 24.5 Å². The van der Waals surface area contributed by atoms with E-state index in [-0.39, 0.29) is 0 Å². The molecule has 2 fully saturated rings. The summed E-state index contributed by atoms with van der Waals surface area (Å²) in [4.78, 5) is 2.48. The van der Waals surface area contributed by atoms with Crippen molar-refractivity contribution >= 4 is 0 Å². The van der Waals surface area contributed by atoms with Crippen LogP contribution in [-0.4, -0.2) is 50.3 Å². The summed E-state index contributed by atoms with van der Waals surface area (Å²) in [5.41, 5.74) is 0. The Bertz CT molecular complexity index is 180. The van der Waals surface area contributed by atoms with E-state index >= 15 is 0 Å². The Morgan fingerprint density at radius 2 is 2.07 bits per heavy atom. The summed E-state index contributed by atoms with van der Waals surface area (Å²) < 4.78 is 5.93. The van der Waals surface area contributed by atoms with Crippen LogP contribution in [0.15, 0.2) is 0 Å². The predicted molar refractivity (Wildman–Crippen MR) is 62.1 cm³/mol. The van der Waals surface area contributed by atoms with Crippen molar-refractivity contribution in [2.45, 2.75) is 44.2 Å². The number of hydrogen-bond donors (Lipinski definition) is 1. The predicted octanol–water partition coefficient (Wildman–Crippen LogP) is 1.24. The Morgan fingerprint density at radius 1 is 1.27 bits per heavy atom. The number of piperidine rings is 1. The fraction of sp³-hybridized carbons (Fsp3) is 1.00. The third kappa shape index (κ3) is 3.44. The van der Waals surface area contributed by atoms with Gasteiger partial charge in [-0.3, -0.25) is 0 Å². The zero-order chi connectivity index (χ0) is 10.5. The third-order valence-electron chi connectivity index (χ3n) is 3.76. The van der Waals surface area contributed by atoms with Crippen LogP contribution in [0.25, 0.3) is 0 Å². The molecule has 0 radical (unpaired) electrons. The molecular formula is C12H24N2O. The minimum absolute atomic E-state index is 0.526. The van der Waals surface area contributed by atoms with Crippen LogP contribution in [-0.2, 0) is 4.74 Å². The zero-order valence-electron chi connectivity index (χ0n) is 9.87. The molecule has 0 aromatic carbocycles. The molecule has 3 heteroatoms. The highest BCUT2D eigenvalue weighted by Crippen LogP contribution is 2.18. The van der Waals surface area contributed by atoms with E-state index in [0.29, 0.717) is 6.10 Å². The Kier molecular flexibility index (Phi) is 4.42. The lowest BCUT2D eigenvalue weighted by atomic mass is 10.1. The first-order valence-electron chi connectivity index (χ1n) is 6.39. The summed E-state index contributed by atoms with van der Waals surface area (Å²) in [6, 6.07) is 0.784. The van der Waals surface area contributed by atoms with Gasteiger partial charge < -0.3 is 15.0 Å². The van der Waals surface area contributed by atoms with Crippen molar-refractivity contribution in [3.63, 3.8) is 0 Å². The highest BCUT2D eigenvalue weighted by atomic mass is 16.5. The van der Waals surface area contributed by atoms with E-state index in [1.807, 2.05) is 0 Å². The molecule has 2 rings (SSSR count). The van der Waals surface area contributed by atoms with E-state index in [4.69, 9.17) is 4.74 Å². The van der Waals surface area contributed by atoms with Gasteiger partial charge in [-0.1, -0.05) is 0 Å². The monoisotopic (exact) mass is 212 g/mol. The van der Waals surface area contributed by atoms with Gasteiger partial charge in [-0.2, -0.15) is 0 Å². The summed E-state index contributed by atoms with van der Waals surface area (Å²) in [5, 5.41) is 3.37. The summed E-state index contributed by atoms with van der Waals surface area (Å²) in [6.07, 6.45) is 6.88. The largest absolute Gasteiger partial charge is 0.378 e. The van der Waals surface area contributed by atoms with E-state index < -0.39 is 0 Å². The summed E-state index contributed by atoms with van der Waals surface area (Å²) in [5.74, 6) is 0. The first-order chi connectivity index (χ1) is 7.36. The van der Waals surface area contributed by atoms with Crippen molar-refractivity contribution in [1.82, 2.24) is 10.2 Å². The molecule has 2 heterocycles. The standard InChI is InChI=1S/C12H24N2O/c1-14-9-2-3-11(14)6-10-15-12-4-7-13-8-5-12/h11-13H,2-10H2,1H3. The average molecular weight is 212 g/mol. The minimum Gasteiger partial charge on any atom is -0.378 e. The molecular weight excluding hydrogens is 188 g/mol. The molecule has 0 aromatic heterocycles. The molecule has 0 spiro atoms. The molecule has 2 aliphatic rings. The number of rotatable bonds is 4. The molecule has 1 atom stereocenters. The molecule has 1 unspecified atom stereocenters. The second kappa shape index (κ2) is 5.83. The van der Waals surface area contributed by atoms with E-state index in [9.17, 15) is 0 Å². The average Bonchev–Trinajstić information content (AvgIpc) is 2.66. The first kappa shape index (κ1) is 11.4. The molecule has 1 N–H and O–H groups in total. The lowest BCUT2D eigenvalue weighted by Gasteiger charge is -2.25. The van der Waals surface area contributed by atoms with E-state index in [0.717, 1.165) is 25.7 Å². The molecule has 0 saturated carbocycles. The first-order valence-corrected chi connectivity index (χ1v) is 6.39. The van der Waals surface area contributed by atoms with Crippen LogP contribution in [0.1, 0.15) is 32.1 Å². The Balaban J connectivity index is 1.57. The van der Waals surface area contributed by atoms with Gasteiger partial charge in [0.15, 0.2) is 0 Å². The molecule has 15 heavy (non-hydrogen) atoms. The maximum absolute atomic E-state index is 5.93. The fourth-order valence-corrected chi connectivity index (χ4v) is 2.68. The van der Waals surface area contributed by atoms with Crippen LogP contribution in [0, 0.1) is 0 Å². The van der Waals surface area contributed by atoms with E-state index in [1.54, 1.807) is 0 Å². The van der Waals surface area contributed by atoms with Crippen LogP contribution in [0.4, 0.5) is 0 Å². The van der Waals surface area contributed by atoms with Crippen molar-refractivity contribution in [2.75, 3.05) is 33.3 Å². The number of hydrogen-bond acceptors (Lipinski definition) is 3. The van der Waals surface area contributed by atoms with Crippen molar-refractivity contribution in [3.05, 3.63) is 0 Å². The van der Waals surface area contributed by atoms with Gasteiger partial charge >= 0.3 is 0 Å². The second-order valence-corrected chi connectivity index (χ2v) is 4.89. The SMILES string of the molecule is CN1CCCC1CCOC1CCNCC1. The van der Waals surface area contributed by atoms with Gasteiger partial charge in [0, 0.05) is 12.6 Å². The van der Waals surface area contributed by atoms with Crippen molar-refractivity contribution in [3.8, 4) is 0 Å². The van der Waals surface area contributed by atoms with Crippen molar-refractivity contribution in [1.29, 1.82) is 0 Å². The van der Waals surface area contributed by atoms with Gasteiger partial charge in [-0.05, 0) is 58.8 Å². The van der Waals surface area contributed by atoms with Crippen LogP contribution >= 0.6 is 0 Å². The van der Waals surface area contributed by atoms with Gasteiger partial charge in [-0.25, -0.2) is 0 Å². The molecule has 0 amide bonds. The summed E-state index contributed by atoms with van der Waals surface area (Å²) >= 11 is 0. The minimum atomic E-state index is 0.526. The molecule has 0 aromatic rings. The summed E-state index contributed by atoms with van der Waals surface area (Å²) in [6.45, 7) is 4.50. The van der Waals surface area contributed by atoms with Crippen LogP contribution in [0.3, 0.4) is 0 Å². The highest BCUT2D eigenvalue weighted by Gasteiger charge is 2.21. The van der Waals surface area contributed by atoms with Gasteiger partial charge in [0.25, 0.3) is 0 Å². The van der Waals surface area contributed by atoms with E-state index in [1.165, 1.54) is 38.6 Å². The number of likely N-dealkylation sites (tertiary alicyclic amines) is 1. The summed E-state index contributed by atoms with van der Waals surface area (Å²) in [7, 11) is 2.24. The lowest BCUT2D eigenvalue weighted by Crippen LogP contribution is -2.33. The van der Waals surface area contributed by atoms with Crippen LogP contribution in [0.5, 0.6) is 0 Å². The van der Waals surface area contributed by atoms with Gasteiger partial charge in [-0.15, -0.1) is 0 Å². The van der Waals surface area contributed by atoms with Crippen LogP contribution < -0.4 is 5.32 Å². The van der Waals surface area contributed by atoms with Gasteiger partial charge in [0.05, 0.1) is 6.10 Å². The maximum atomic E-state index is 5.93. The zero-order valence-corrected chi connectivity index (χ0v) is 9.87. The lowest BCUT2D eigenvalue weighted by molar-refractivity contribution is 0.0239. The molecule has 0 bridgehead atoms. The Morgan fingerprint density at radius 3 is 2.73 bits per heavy atom. The number of ether oxygens (including phenoxy) is 1. The smallest absolute Gasteiger partial charge is 0.0599 e. The molecule has 0 aliphatic carbocycles. The maximum Gasteiger partial charge on any atom is 0.0599 e.